The van der Waals surface area contributed by atoms with Crippen molar-refractivity contribution >= 4 is 11.8 Å². The van der Waals surface area contributed by atoms with Gasteiger partial charge in [0.15, 0.2) is 0 Å². The number of benzene rings is 2. The highest BCUT2D eigenvalue weighted by Crippen LogP contribution is 2.29. The van der Waals surface area contributed by atoms with Crippen LogP contribution < -0.4 is 5.32 Å². The molecule has 0 fully saturated rings. The third-order valence-electron chi connectivity index (χ3n) is 2.62. The molecule has 98 valence electrons. The van der Waals surface area contributed by atoms with Crippen molar-refractivity contribution in [2.75, 3.05) is 11.9 Å². The number of phenols is 1. The standard InChI is InChI=1S/C15H15NO3/c1-2-19-15(18)16-12-9-7-11(8-10-12)13-5-3-4-6-14(13)17/h3-10,17H,2H2,1H3,(H,16,18). The van der Waals surface area contributed by atoms with Crippen LogP contribution in [0.1, 0.15) is 6.92 Å². The van der Waals surface area contributed by atoms with E-state index in [4.69, 9.17) is 4.74 Å². The van der Waals surface area contributed by atoms with Gasteiger partial charge in [-0.15, -0.1) is 0 Å². The Labute approximate surface area is 111 Å². The molecule has 4 heteroatoms. The van der Waals surface area contributed by atoms with Crippen molar-refractivity contribution < 1.29 is 14.6 Å². The minimum absolute atomic E-state index is 0.230. The zero-order valence-electron chi connectivity index (χ0n) is 10.6. The normalized spacial score (nSPS) is 9.95. The first-order valence-electron chi connectivity index (χ1n) is 6.03. The molecule has 0 unspecified atom stereocenters. The van der Waals surface area contributed by atoms with Crippen LogP contribution in [0.25, 0.3) is 11.1 Å². The van der Waals surface area contributed by atoms with Gasteiger partial charge in [-0.05, 0) is 30.7 Å². The van der Waals surface area contributed by atoms with Crippen LogP contribution in [0.15, 0.2) is 48.5 Å². The molecule has 2 rings (SSSR count). The molecule has 0 spiro atoms. The molecule has 19 heavy (non-hydrogen) atoms. The number of para-hydroxylation sites is 1. The van der Waals surface area contributed by atoms with Gasteiger partial charge >= 0.3 is 6.09 Å². The molecule has 0 radical (unpaired) electrons. The number of anilines is 1. The Balaban J connectivity index is 2.15. The fraction of sp³-hybridized carbons (Fsp3) is 0.133. The maximum atomic E-state index is 11.2. The average Bonchev–Trinajstić information content (AvgIpc) is 2.41. The average molecular weight is 257 g/mol. The van der Waals surface area contributed by atoms with E-state index in [0.717, 1.165) is 11.1 Å². The molecule has 0 heterocycles. The maximum Gasteiger partial charge on any atom is 0.411 e. The lowest BCUT2D eigenvalue weighted by atomic mass is 10.0. The quantitative estimate of drug-likeness (QED) is 0.882. The number of aromatic hydroxyl groups is 1. The third kappa shape index (κ3) is 3.25. The summed E-state index contributed by atoms with van der Waals surface area (Å²) < 4.78 is 4.79. The number of rotatable bonds is 3. The van der Waals surface area contributed by atoms with E-state index in [9.17, 15) is 9.90 Å². The minimum atomic E-state index is -0.474. The highest BCUT2D eigenvalue weighted by atomic mass is 16.5. The second-order valence-corrected chi connectivity index (χ2v) is 3.94. The van der Waals surface area contributed by atoms with Crippen LogP contribution in [0.4, 0.5) is 10.5 Å². The third-order valence-corrected chi connectivity index (χ3v) is 2.62. The topological polar surface area (TPSA) is 58.6 Å². The van der Waals surface area contributed by atoms with E-state index in [2.05, 4.69) is 5.32 Å². The second kappa shape index (κ2) is 5.91. The monoisotopic (exact) mass is 257 g/mol. The van der Waals surface area contributed by atoms with Gasteiger partial charge in [-0.3, -0.25) is 5.32 Å². The van der Waals surface area contributed by atoms with Gasteiger partial charge in [-0.2, -0.15) is 0 Å². The number of nitrogens with one attached hydrogen (secondary N) is 1. The van der Waals surface area contributed by atoms with Crippen molar-refractivity contribution in [2.45, 2.75) is 6.92 Å². The number of phenolic OH excluding ortho intramolecular Hbond substituents is 1. The number of amides is 1. The molecule has 2 N–H and O–H groups in total. The Bertz CT molecular complexity index is 564. The fourth-order valence-corrected chi connectivity index (χ4v) is 1.74. The molecule has 4 nitrogen and oxygen atoms in total. The Morgan fingerprint density at radius 1 is 1.16 bits per heavy atom. The van der Waals surface area contributed by atoms with Gasteiger partial charge in [0, 0.05) is 11.3 Å². The number of ether oxygens (including phenoxy) is 1. The summed E-state index contributed by atoms with van der Waals surface area (Å²) in [5.41, 5.74) is 2.29. The van der Waals surface area contributed by atoms with Crippen molar-refractivity contribution in [1.29, 1.82) is 0 Å². The maximum absolute atomic E-state index is 11.2. The van der Waals surface area contributed by atoms with Crippen molar-refractivity contribution in [2.24, 2.45) is 0 Å². The summed E-state index contributed by atoms with van der Waals surface area (Å²) in [5, 5.41) is 12.4. The van der Waals surface area contributed by atoms with Gasteiger partial charge in [0.05, 0.1) is 6.61 Å². The molecular weight excluding hydrogens is 242 g/mol. The highest BCUT2D eigenvalue weighted by Gasteiger charge is 2.05. The lowest BCUT2D eigenvalue weighted by molar-refractivity contribution is 0.168. The highest BCUT2D eigenvalue weighted by molar-refractivity contribution is 5.85. The van der Waals surface area contributed by atoms with Gasteiger partial charge in [-0.25, -0.2) is 4.79 Å². The summed E-state index contributed by atoms with van der Waals surface area (Å²) in [6.07, 6.45) is -0.474. The zero-order valence-corrected chi connectivity index (χ0v) is 10.6. The lowest BCUT2D eigenvalue weighted by Crippen LogP contribution is -2.12. The van der Waals surface area contributed by atoms with Crippen molar-refractivity contribution in [3.8, 4) is 16.9 Å². The van der Waals surface area contributed by atoms with Crippen LogP contribution in [-0.2, 0) is 4.74 Å². The largest absolute Gasteiger partial charge is 0.507 e. The number of carbonyl (C=O) groups is 1. The summed E-state index contributed by atoms with van der Waals surface area (Å²) in [4.78, 5) is 11.2. The number of hydrogen-bond donors (Lipinski definition) is 2. The summed E-state index contributed by atoms with van der Waals surface area (Å²) >= 11 is 0. The van der Waals surface area contributed by atoms with Crippen molar-refractivity contribution in [3.63, 3.8) is 0 Å². The fourth-order valence-electron chi connectivity index (χ4n) is 1.74. The van der Waals surface area contributed by atoms with E-state index in [1.165, 1.54) is 0 Å². The SMILES string of the molecule is CCOC(=O)Nc1ccc(-c2ccccc2O)cc1. The summed E-state index contributed by atoms with van der Waals surface area (Å²) in [6.45, 7) is 2.09. The predicted octanol–water partition coefficient (Wildman–Crippen LogP) is 3.63. The molecule has 2 aromatic carbocycles. The Morgan fingerprint density at radius 2 is 1.84 bits per heavy atom. The molecule has 0 atom stereocenters. The van der Waals surface area contributed by atoms with E-state index in [0.29, 0.717) is 12.3 Å². The molecule has 0 aliphatic heterocycles. The van der Waals surface area contributed by atoms with Crippen molar-refractivity contribution in [3.05, 3.63) is 48.5 Å². The molecule has 0 aromatic heterocycles. The number of carbonyl (C=O) groups excluding carboxylic acids is 1. The van der Waals surface area contributed by atoms with Gasteiger partial charge in [-0.1, -0.05) is 30.3 Å². The first kappa shape index (κ1) is 13.0. The Morgan fingerprint density at radius 3 is 2.47 bits per heavy atom. The Hall–Kier alpha value is -2.49. The van der Waals surface area contributed by atoms with Crippen LogP contribution in [0.5, 0.6) is 5.75 Å². The van der Waals surface area contributed by atoms with Gasteiger partial charge < -0.3 is 9.84 Å². The first-order valence-corrected chi connectivity index (χ1v) is 6.03. The van der Waals surface area contributed by atoms with Crippen LogP contribution in [0.2, 0.25) is 0 Å². The molecule has 0 saturated carbocycles. The van der Waals surface area contributed by atoms with Crippen LogP contribution >= 0.6 is 0 Å². The van der Waals surface area contributed by atoms with E-state index >= 15 is 0 Å². The van der Waals surface area contributed by atoms with Crippen LogP contribution in [-0.4, -0.2) is 17.8 Å². The molecule has 0 saturated heterocycles. The first-order chi connectivity index (χ1) is 9.20. The zero-order chi connectivity index (χ0) is 13.7. The van der Waals surface area contributed by atoms with Crippen LogP contribution in [0, 0.1) is 0 Å². The van der Waals surface area contributed by atoms with Gasteiger partial charge in [0.25, 0.3) is 0 Å². The van der Waals surface area contributed by atoms with E-state index in [1.807, 2.05) is 24.3 Å². The summed E-state index contributed by atoms with van der Waals surface area (Å²) in [7, 11) is 0. The van der Waals surface area contributed by atoms with E-state index in [-0.39, 0.29) is 5.75 Å². The van der Waals surface area contributed by atoms with Crippen molar-refractivity contribution in [1.82, 2.24) is 0 Å². The molecule has 0 aliphatic rings. The smallest absolute Gasteiger partial charge is 0.411 e. The molecule has 0 bridgehead atoms. The summed E-state index contributed by atoms with van der Waals surface area (Å²) in [5.74, 6) is 0.230. The van der Waals surface area contributed by atoms with Crippen LogP contribution in [0.3, 0.4) is 0 Å². The Kier molecular flexibility index (Phi) is 4.03. The summed E-state index contributed by atoms with van der Waals surface area (Å²) in [6, 6.07) is 14.3. The molecule has 0 aliphatic carbocycles. The van der Waals surface area contributed by atoms with E-state index in [1.54, 1.807) is 31.2 Å². The number of hydrogen-bond acceptors (Lipinski definition) is 3. The van der Waals surface area contributed by atoms with Gasteiger partial charge in [0.2, 0.25) is 0 Å². The molecular formula is C15H15NO3. The lowest BCUT2D eigenvalue weighted by Gasteiger charge is -2.07. The van der Waals surface area contributed by atoms with Gasteiger partial charge in [0.1, 0.15) is 5.75 Å². The minimum Gasteiger partial charge on any atom is -0.507 e. The van der Waals surface area contributed by atoms with E-state index < -0.39 is 6.09 Å². The molecule has 1 amide bonds. The second-order valence-electron chi connectivity index (χ2n) is 3.94. The molecule has 2 aromatic rings. The predicted molar refractivity (Wildman–Crippen MR) is 74.2 cm³/mol.